The molecule has 3 aliphatic heterocycles. The molecule has 3 N–H and O–H groups in total. The van der Waals surface area contributed by atoms with Gasteiger partial charge in [-0.15, -0.1) is 0 Å². The molecule has 0 radical (unpaired) electrons. The van der Waals surface area contributed by atoms with Crippen molar-refractivity contribution < 1.29 is 24.2 Å². The van der Waals surface area contributed by atoms with Crippen LogP contribution in [0.3, 0.4) is 0 Å². The number of hydrogen-bond donors (Lipinski definition) is 3. The Kier molecular flexibility index (Phi) is 6.54. The van der Waals surface area contributed by atoms with Gasteiger partial charge in [-0.1, -0.05) is 48.9 Å². The van der Waals surface area contributed by atoms with E-state index in [1.807, 2.05) is 44.2 Å². The van der Waals surface area contributed by atoms with Crippen molar-refractivity contribution in [3.8, 4) is 0 Å². The minimum Gasteiger partial charge on any atom is -0.394 e. The Labute approximate surface area is 221 Å². The monoisotopic (exact) mass is 525 g/mol. The van der Waals surface area contributed by atoms with Crippen molar-refractivity contribution >= 4 is 35.0 Å². The normalized spacial score (nSPS) is 32.8. The quantitative estimate of drug-likeness (QED) is 0.515. The number of carbonyl (C=O) groups excluding carboxylic acids is 3. The molecule has 9 heteroatoms. The highest BCUT2D eigenvalue weighted by Crippen LogP contribution is 2.65. The predicted octanol–water partition coefficient (Wildman–Crippen LogP) is 2.99. The fraction of sp³-hybridized carbons (Fsp3) is 0.464. The van der Waals surface area contributed by atoms with Crippen LogP contribution in [0.25, 0.3) is 0 Å². The molecule has 3 saturated heterocycles. The van der Waals surface area contributed by atoms with Crippen LogP contribution < -0.4 is 10.6 Å². The maximum atomic E-state index is 14.0. The largest absolute Gasteiger partial charge is 0.394 e. The zero-order valence-electron chi connectivity index (χ0n) is 21.1. The van der Waals surface area contributed by atoms with E-state index in [-0.39, 0.29) is 24.3 Å². The fourth-order valence-electron chi connectivity index (χ4n) is 6.58. The van der Waals surface area contributed by atoms with Gasteiger partial charge in [-0.3, -0.25) is 14.4 Å². The molecule has 0 aliphatic carbocycles. The number of ether oxygens (including phenoxy) is 1. The lowest BCUT2D eigenvalue weighted by Gasteiger charge is -2.36. The summed E-state index contributed by atoms with van der Waals surface area (Å²) in [5, 5.41) is 16.4. The number of benzene rings is 2. The van der Waals surface area contributed by atoms with Crippen LogP contribution in [0.5, 0.6) is 0 Å². The fourth-order valence-corrected chi connectivity index (χ4v) is 6.70. The summed E-state index contributed by atoms with van der Waals surface area (Å²) in [7, 11) is 0. The molecule has 3 heterocycles. The number of aliphatic hydroxyl groups is 1. The summed E-state index contributed by atoms with van der Waals surface area (Å²) in [5.41, 5.74) is -0.613. The number of nitrogens with zero attached hydrogens (tertiary/aromatic N) is 1. The Bertz CT molecular complexity index is 1210. The zero-order valence-corrected chi connectivity index (χ0v) is 21.9. The van der Waals surface area contributed by atoms with E-state index in [9.17, 15) is 19.5 Å². The highest BCUT2D eigenvalue weighted by atomic mass is 35.5. The molecular weight excluding hydrogens is 494 g/mol. The van der Waals surface area contributed by atoms with Gasteiger partial charge < -0.3 is 25.4 Å². The molecule has 37 heavy (non-hydrogen) atoms. The Morgan fingerprint density at radius 3 is 2.49 bits per heavy atom. The molecule has 5 rings (SSSR count). The summed E-state index contributed by atoms with van der Waals surface area (Å²) in [6.45, 7) is 5.57. The van der Waals surface area contributed by atoms with Crippen LogP contribution in [0, 0.1) is 17.8 Å². The number of rotatable bonds is 7. The Hall–Kier alpha value is -2.94. The van der Waals surface area contributed by atoms with Crippen molar-refractivity contribution in [1.29, 1.82) is 0 Å². The third-order valence-electron chi connectivity index (χ3n) is 8.44. The highest BCUT2D eigenvalue weighted by Gasteiger charge is 2.80. The van der Waals surface area contributed by atoms with Gasteiger partial charge in [0.2, 0.25) is 17.7 Å². The summed E-state index contributed by atoms with van der Waals surface area (Å²) in [6.07, 6.45) is 0.454. The smallest absolute Gasteiger partial charge is 0.250 e. The molecule has 2 aromatic carbocycles. The third kappa shape index (κ3) is 4.02. The standard InChI is InChI=1S/C28H32ClN3O5/c1-16-13-28-22(21(27(16,3)37-28)24(34)30-14-18-7-5-4-6-8-18)26(36)32(17(2)15-33)23(28)25(35)31-20-11-9-19(29)10-12-20/h4-12,16-17,21-23,33H,13-15H2,1-3H3,(H,30,34)(H,31,35)/t16?,17-,21-,22+,23?,27+,28?/m1/s1. The van der Waals surface area contributed by atoms with E-state index in [4.69, 9.17) is 16.3 Å². The van der Waals surface area contributed by atoms with Gasteiger partial charge in [0.25, 0.3) is 0 Å². The van der Waals surface area contributed by atoms with Crippen LogP contribution >= 0.6 is 11.6 Å². The molecule has 8 nitrogen and oxygen atoms in total. The van der Waals surface area contributed by atoms with Crippen LogP contribution in [0.15, 0.2) is 54.6 Å². The van der Waals surface area contributed by atoms with Gasteiger partial charge in [-0.05, 0) is 56.0 Å². The maximum Gasteiger partial charge on any atom is 0.250 e. The molecule has 196 valence electrons. The van der Waals surface area contributed by atoms with E-state index < -0.39 is 41.0 Å². The number of anilines is 1. The second-order valence-electron chi connectivity index (χ2n) is 10.7. The van der Waals surface area contributed by atoms with Gasteiger partial charge in [0.15, 0.2) is 0 Å². The van der Waals surface area contributed by atoms with Crippen LogP contribution in [0.1, 0.15) is 32.8 Å². The molecule has 2 aromatic rings. The van der Waals surface area contributed by atoms with E-state index in [0.29, 0.717) is 23.7 Å². The lowest BCUT2D eigenvalue weighted by atomic mass is 9.62. The lowest BCUT2D eigenvalue weighted by molar-refractivity contribution is -0.148. The van der Waals surface area contributed by atoms with E-state index in [1.165, 1.54) is 4.90 Å². The number of carbonyl (C=O) groups is 3. The van der Waals surface area contributed by atoms with Crippen LogP contribution in [0.4, 0.5) is 5.69 Å². The summed E-state index contributed by atoms with van der Waals surface area (Å²) < 4.78 is 6.67. The van der Waals surface area contributed by atoms with Crippen LogP contribution in [0.2, 0.25) is 5.02 Å². The molecule has 0 aromatic heterocycles. The van der Waals surface area contributed by atoms with Gasteiger partial charge in [-0.25, -0.2) is 0 Å². The highest BCUT2D eigenvalue weighted by molar-refractivity contribution is 6.30. The van der Waals surface area contributed by atoms with Crippen molar-refractivity contribution in [2.75, 3.05) is 11.9 Å². The van der Waals surface area contributed by atoms with Crippen LogP contribution in [-0.4, -0.2) is 57.6 Å². The summed E-state index contributed by atoms with van der Waals surface area (Å²) in [4.78, 5) is 42.9. The number of likely N-dealkylation sites (tertiary alicyclic amines) is 1. The second-order valence-corrected chi connectivity index (χ2v) is 11.1. The Morgan fingerprint density at radius 1 is 1.16 bits per heavy atom. The predicted molar refractivity (Wildman–Crippen MR) is 139 cm³/mol. The molecule has 3 unspecified atom stereocenters. The number of nitrogens with one attached hydrogen (secondary N) is 2. The summed E-state index contributed by atoms with van der Waals surface area (Å²) in [6, 6.07) is 14.6. The molecule has 7 atom stereocenters. The topological polar surface area (TPSA) is 108 Å². The van der Waals surface area contributed by atoms with Crippen molar-refractivity contribution in [3.05, 3.63) is 65.2 Å². The minimum absolute atomic E-state index is 0.0701. The molecule has 0 saturated carbocycles. The first-order valence-electron chi connectivity index (χ1n) is 12.6. The average Bonchev–Trinajstić information content (AvgIpc) is 3.40. The van der Waals surface area contributed by atoms with E-state index in [0.717, 1.165) is 5.56 Å². The molecule has 2 bridgehead atoms. The van der Waals surface area contributed by atoms with Crippen molar-refractivity contribution in [2.24, 2.45) is 17.8 Å². The van der Waals surface area contributed by atoms with Gasteiger partial charge in [0.05, 0.1) is 30.1 Å². The number of fused-ring (bicyclic) bond motifs is 1. The Morgan fingerprint density at radius 2 is 1.84 bits per heavy atom. The maximum absolute atomic E-state index is 14.0. The van der Waals surface area contributed by atoms with E-state index in [2.05, 4.69) is 10.6 Å². The molecule has 1 spiro atoms. The molecule has 3 aliphatic rings. The minimum atomic E-state index is -1.18. The number of amides is 3. The summed E-state index contributed by atoms with van der Waals surface area (Å²) >= 11 is 5.99. The lowest BCUT2D eigenvalue weighted by Crippen LogP contribution is -2.56. The van der Waals surface area contributed by atoms with Crippen LogP contribution in [-0.2, 0) is 25.7 Å². The van der Waals surface area contributed by atoms with E-state index >= 15 is 0 Å². The van der Waals surface area contributed by atoms with E-state index in [1.54, 1.807) is 31.2 Å². The first kappa shape index (κ1) is 25.7. The molecular formula is C28H32ClN3O5. The number of hydrogen-bond acceptors (Lipinski definition) is 5. The number of aliphatic hydroxyl groups excluding tert-OH is 1. The summed E-state index contributed by atoms with van der Waals surface area (Å²) in [5.74, 6) is -2.70. The third-order valence-corrected chi connectivity index (χ3v) is 8.70. The van der Waals surface area contributed by atoms with Gasteiger partial charge >= 0.3 is 0 Å². The SMILES string of the molecule is CC1CC23O[C@]1(C)[C@@H](C(=O)NCc1ccccc1)[C@H]2C(=O)N([C@H](C)CO)C3C(=O)Nc1ccc(Cl)cc1. The first-order valence-corrected chi connectivity index (χ1v) is 13.0. The average molecular weight is 526 g/mol. The van der Waals surface area contributed by atoms with Crippen molar-refractivity contribution in [3.63, 3.8) is 0 Å². The molecule has 3 amide bonds. The Balaban J connectivity index is 1.50. The van der Waals surface area contributed by atoms with Crippen molar-refractivity contribution in [1.82, 2.24) is 10.2 Å². The number of halogens is 1. The van der Waals surface area contributed by atoms with Gasteiger partial charge in [0.1, 0.15) is 11.6 Å². The second kappa shape index (κ2) is 9.42. The first-order chi connectivity index (χ1) is 17.6. The van der Waals surface area contributed by atoms with Crippen molar-refractivity contribution in [2.45, 2.75) is 57.0 Å². The van der Waals surface area contributed by atoms with Gasteiger partial charge in [-0.2, -0.15) is 0 Å². The zero-order chi connectivity index (χ0) is 26.5. The molecule has 3 fully saturated rings. The van der Waals surface area contributed by atoms with Gasteiger partial charge in [0, 0.05) is 17.3 Å².